The van der Waals surface area contributed by atoms with E-state index in [0.717, 1.165) is 0 Å². The van der Waals surface area contributed by atoms with Gasteiger partial charge in [-0.2, -0.15) is 0 Å². The number of aliphatic hydroxyl groups is 1. The quantitative estimate of drug-likeness (QED) is 0.493. The summed E-state index contributed by atoms with van der Waals surface area (Å²) in [6.07, 6.45) is 0.0243. The zero-order valence-electron chi connectivity index (χ0n) is 2.64. The average molecular weight is 92.0 g/mol. The Balaban J connectivity index is 2.19. The lowest BCUT2D eigenvalue weighted by Crippen LogP contribution is -1.63. The van der Waals surface area contributed by atoms with Gasteiger partial charge in [-0.1, -0.05) is 0 Å². The van der Waals surface area contributed by atoms with Gasteiger partial charge < -0.3 is 9.63 Å². The van der Waals surface area contributed by atoms with E-state index in [2.05, 4.69) is 11.6 Å². The summed E-state index contributed by atoms with van der Waals surface area (Å²) in [5.41, 5.74) is 0. The highest BCUT2D eigenvalue weighted by molar-refractivity contribution is 7.31. The van der Waals surface area contributed by atoms with Gasteiger partial charge in [0, 0.05) is 8.81 Å². The molecule has 0 aliphatic heterocycles. The van der Waals surface area contributed by atoms with Gasteiger partial charge in [0.05, 0.1) is 6.35 Å². The van der Waals surface area contributed by atoms with Crippen LogP contribution in [0.1, 0.15) is 0 Å². The molecule has 2 radical (unpaired) electrons. The van der Waals surface area contributed by atoms with E-state index in [0.29, 0.717) is 0 Å². The van der Waals surface area contributed by atoms with Crippen LogP contribution >= 0.6 is 8.81 Å². The summed E-state index contributed by atoms with van der Waals surface area (Å²) in [6, 6.07) is 0. The second kappa shape index (κ2) is 4.35. The number of hydrogen-bond donors (Lipinski definition) is 1. The van der Waals surface area contributed by atoms with Crippen molar-refractivity contribution in [3.05, 3.63) is 7.11 Å². The lowest BCUT2D eigenvalue weighted by molar-refractivity contribution is 0.357. The molecule has 0 saturated heterocycles. The SMILES string of the molecule is [CH]OPCO. The van der Waals surface area contributed by atoms with Crippen LogP contribution in [0, 0.1) is 7.11 Å². The molecule has 1 atom stereocenters. The third-order valence-corrected chi connectivity index (χ3v) is 0.444. The molecular formula is C2H5O2P. The smallest absolute Gasteiger partial charge is 0.120 e. The Bertz CT molecular complexity index is 15.1. The highest BCUT2D eigenvalue weighted by Crippen LogP contribution is 2.04. The molecule has 1 N–H and O–H groups in total. The Labute approximate surface area is 33.0 Å². The van der Waals surface area contributed by atoms with Crippen molar-refractivity contribution >= 4 is 8.81 Å². The van der Waals surface area contributed by atoms with Crippen LogP contribution < -0.4 is 0 Å². The molecule has 0 saturated carbocycles. The predicted octanol–water partition coefficient (Wildman–Crippen LogP) is 0.215. The van der Waals surface area contributed by atoms with Crippen LogP contribution in [0.15, 0.2) is 0 Å². The first kappa shape index (κ1) is 5.35. The highest BCUT2D eigenvalue weighted by atomic mass is 31.1. The van der Waals surface area contributed by atoms with Crippen LogP contribution in [0.5, 0.6) is 0 Å². The molecule has 1 unspecified atom stereocenters. The summed E-state index contributed by atoms with van der Waals surface area (Å²) in [5.74, 6) is 0. The standard InChI is InChI=1S/C2H5O2P/c1-4-5-2-3/h1,3,5H,2H2. The molecule has 0 amide bonds. The van der Waals surface area contributed by atoms with Gasteiger partial charge in [-0.05, 0) is 0 Å². The van der Waals surface area contributed by atoms with Crippen LogP contribution in [0.4, 0.5) is 0 Å². The summed E-state index contributed by atoms with van der Waals surface area (Å²) in [7, 11) is 4.52. The molecule has 0 heterocycles. The third-order valence-electron chi connectivity index (χ3n) is 0.148. The molecule has 0 aliphatic carbocycles. The molecule has 0 bridgehead atoms. The summed E-state index contributed by atoms with van der Waals surface area (Å²) in [4.78, 5) is 0. The molecule has 2 nitrogen and oxygen atoms in total. The minimum absolute atomic E-state index is 0.0243. The number of aliphatic hydroxyl groups excluding tert-OH is 1. The zero-order chi connectivity index (χ0) is 4.12. The molecule has 5 heavy (non-hydrogen) atoms. The Kier molecular flexibility index (Phi) is 4.65. The van der Waals surface area contributed by atoms with Crippen molar-refractivity contribution in [2.45, 2.75) is 0 Å². The van der Waals surface area contributed by atoms with E-state index in [4.69, 9.17) is 5.11 Å². The Morgan fingerprint density at radius 2 is 2.60 bits per heavy atom. The van der Waals surface area contributed by atoms with Gasteiger partial charge in [-0.25, -0.2) is 0 Å². The lowest BCUT2D eigenvalue weighted by Gasteiger charge is -1.82. The first-order valence-electron chi connectivity index (χ1n) is 1.11. The Morgan fingerprint density at radius 1 is 2.00 bits per heavy atom. The predicted molar refractivity (Wildman–Crippen MR) is 20.8 cm³/mol. The summed E-state index contributed by atoms with van der Waals surface area (Å²) in [6.45, 7) is 0. The zero-order valence-corrected chi connectivity index (χ0v) is 3.64. The van der Waals surface area contributed by atoms with Crippen molar-refractivity contribution in [1.29, 1.82) is 0 Å². The number of hydrogen-bond acceptors (Lipinski definition) is 2. The Morgan fingerprint density at radius 3 is 2.60 bits per heavy atom. The second-order valence-corrected chi connectivity index (χ2v) is 1.26. The van der Waals surface area contributed by atoms with Gasteiger partial charge in [0.2, 0.25) is 0 Å². The molecule has 0 aromatic carbocycles. The van der Waals surface area contributed by atoms with E-state index < -0.39 is 0 Å². The van der Waals surface area contributed by atoms with Crippen molar-refractivity contribution in [1.82, 2.24) is 0 Å². The van der Waals surface area contributed by atoms with Crippen molar-refractivity contribution in [3.8, 4) is 0 Å². The van der Waals surface area contributed by atoms with Crippen molar-refractivity contribution in [3.63, 3.8) is 0 Å². The molecule has 0 spiro atoms. The third kappa shape index (κ3) is 4.35. The largest absolute Gasteiger partial charge is 0.390 e. The number of rotatable bonds is 2. The van der Waals surface area contributed by atoms with Gasteiger partial charge in [0.1, 0.15) is 7.11 Å². The fraction of sp³-hybridized carbons (Fsp3) is 0.500. The van der Waals surface area contributed by atoms with Crippen LogP contribution in [0.3, 0.4) is 0 Å². The van der Waals surface area contributed by atoms with E-state index >= 15 is 0 Å². The van der Waals surface area contributed by atoms with Crippen LogP contribution in [0.25, 0.3) is 0 Å². The highest BCUT2D eigenvalue weighted by Gasteiger charge is 1.67. The molecule has 0 aromatic rings. The Hall–Kier alpha value is 0.350. The van der Waals surface area contributed by atoms with Gasteiger partial charge in [-0.3, -0.25) is 0 Å². The molecule has 0 aromatic heterocycles. The van der Waals surface area contributed by atoms with Crippen molar-refractivity contribution < 1.29 is 9.63 Å². The second-order valence-electron chi connectivity index (χ2n) is 0.420. The van der Waals surface area contributed by atoms with Crippen LogP contribution in [-0.2, 0) is 4.52 Å². The van der Waals surface area contributed by atoms with Gasteiger partial charge in [0.25, 0.3) is 0 Å². The first-order chi connectivity index (χ1) is 2.41. The maximum Gasteiger partial charge on any atom is 0.120 e. The van der Waals surface area contributed by atoms with Gasteiger partial charge >= 0.3 is 0 Å². The van der Waals surface area contributed by atoms with Gasteiger partial charge in [-0.15, -0.1) is 0 Å². The normalized spacial score (nSPS) is 10.8. The van der Waals surface area contributed by atoms with Crippen molar-refractivity contribution in [2.24, 2.45) is 0 Å². The lowest BCUT2D eigenvalue weighted by atomic mass is 11.7. The molecular weight excluding hydrogens is 87.0 g/mol. The molecule has 0 rings (SSSR count). The fourth-order valence-electron chi connectivity index (χ4n) is 0.0373. The van der Waals surface area contributed by atoms with Crippen LogP contribution in [0.2, 0.25) is 0 Å². The topological polar surface area (TPSA) is 29.5 Å². The van der Waals surface area contributed by atoms with E-state index in [1.165, 1.54) is 0 Å². The summed E-state index contributed by atoms with van der Waals surface area (Å²) >= 11 is 0. The van der Waals surface area contributed by atoms with E-state index in [-0.39, 0.29) is 15.2 Å². The first-order valence-corrected chi connectivity index (χ1v) is 2.22. The maximum atomic E-state index is 7.87. The van der Waals surface area contributed by atoms with E-state index in [9.17, 15) is 0 Å². The molecule has 3 heteroatoms. The van der Waals surface area contributed by atoms with E-state index in [1.54, 1.807) is 0 Å². The maximum absolute atomic E-state index is 7.87. The minimum atomic E-state index is 0.0243. The summed E-state index contributed by atoms with van der Waals surface area (Å²) in [5, 5.41) is 7.87. The molecule has 0 aliphatic rings. The average Bonchev–Trinajstić information content (AvgIpc) is 1.41. The van der Waals surface area contributed by atoms with Gasteiger partial charge in [0.15, 0.2) is 0 Å². The monoisotopic (exact) mass is 92.0 g/mol. The minimum Gasteiger partial charge on any atom is -0.390 e. The molecule has 0 fully saturated rings. The molecule has 30 valence electrons. The fourth-order valence-corrected chi connectivity index (χ4v) is 0.112. The van der Waals surface area contributed by atoms with Crippen LogP contribution in [-0.4, -0.2) is 11.5 Å². The summed E-state index contributed by atoms with van der Waals surface area (Å²) < 4.78 is 3.97. The van der Waals surface area contributed by atoms with Crippen molar-refractivity contribution in [2.75, 3.05) is 6.35 Å². The van der Waals surface area contributed by atoms with E-state index in [1.807, 2.05) is 0 Å².